The van der Waals surface area contributed by atoms with Gasteiger partial charge in [0.25, 0.3) is 5.91 Å². The Morgan fingerprint density at radius 3 is 2.52 bits per heavy atom. The van der Waals surface area contributed by atoms with Crippen molar-refractivity contribution in [1.29, 1.82) is 0 Å². The van der Waals surface area contributed by atoms with Crippen LogP contribution in [0.2, 0.25) is 0 Å². The number of nitrogens with one attached hydrogen (secondary N) is 2. The van der Waals surface area contributed by atoms with Gasteiger partial charge in [0, 0.05) is 37.2 Å². The molecule has 3 fully saturated rings. The van der Waals surface area contributed by atoms with E-state index in [1.54, 1.807) is 0 Å². The molecule has 2 aliphatic heterocycles. The Kier molecular flexibility index (Phi) is 8.92. The molecule has 4 atom stereocenters. The number of benzene rings is 3. The largest absolute Gasteiger partial charge is 0.350 e. The first-order chi connectivity index (χ1) is 20.6. The maximum atomic E-state index is 14.3. The number of fused-ring (bicyclic) bond motifs is 1. The average Bonchev–Trinajstić information content (AvgIpc) is 3.78. The van der Waals surface area contributed by atoms with Crippen LogP contribution < -0.4 is 10.6 Å². The van der Waals surface area contributed by atoms with Gasteiger partial charge in [0.15, 0.2) is 0 Å². The Bertz CT molecular complexity index is 1370. The van der Waals surface area contributed by atoms with Crippen molar-refractivity contribution >= 4 is 22.6 Å². The van der Waals surface area contributed by atoms with Crippen LogP contribution in [-0.2, 0) is 4.79 Å². The molecule has 3 aromatic rings. The highest BCUT2D eigenvalue weighted by Crippen LogP contribution is 2.49. The number of carbonyl (C=O) groups is 2. The molecule has 0 aromatic heterocycles. The van der Waals surface area contributed by atoms with E-state index in [0.717, 1.165) is 49.5 Å². The van der Waals surface area contributed by atoms with Crippen molar-refractivity contribution in [3.63, 3.8) is 0 Å². The van der Waals surface area contributed by atoms with Gasteiger partial charge in [-0.1, -0.05) is 74.0 Å². The zero-order chi connectivity index (χ0) is 28.9. The summed E-state index contributed by atoms with van der Waals surface area (Å²) in [5.74, 6) is 0.880. The van der Waals surface area contributed by atoms with Crippen LogP contribution in [0.15, 0.2) is 72.8 Å². The fraction of sp³-hybridized carbons (Fsp3) is 0.500. The molecule has 6 heteroatoms. The fourth-order valence-corrected chi connectivity index (χ4v) is 7.27. The molecule has 1 saturated carbocycles. The van der Waals surface area contributed by atoms with E-state index in [1.807, 2.05) is 36.4 Å². The summed E-state index contributed by atoms with van der Waals surface area (Å²) in [6, 6.07) is 24.7. The molecule has 42 heavy (non-hydrogen) atoms. The third-order valence-electron chi connectivity index (χ3n) is 9.95. The van der Waals surface area contributed by atoms with Crippen molar-refractivity contribution in [2.24, 2.45) is 5.92 Å². The maximum absolute atomic E-state index is 14.3. The van der Waals surface area contributed by atoms with Gasteiger partial charge in [0.1, 0.15) is 5.54 Å². The molecule has 3 unspecified atom stereocenters. The van der Waals surface area contributed by atoms with Crippen molar-refractivity contribution in [2.75, 3.05) is 39.3 Å². The molecular formula is C36H46N4O2. The van der Waals surface area contributed by atoms with Gasteiger partial charge >= 0.3 is 0 Å². The van der Waals surface area contributed by atoms with Crippen LogP contribution in [0.25, 0.3) is 10.8 Å². The highest BCUT2D eigenvalue weighted by Gasteiger charge is 2.62. The van der Waals surface area contributed by atoms with Gasteiger partial charge in [0.2, 0.25) is 5.91 Å². The quantitative estimate of drug-likeness (QED) is 0.336. The minimum absolute atomic E-state index is 0.0557. The second-order valence-electron chi connectivity index (χ2n) is 12.7. The summed E-state index contributed by atoms with van der Waals surface area (Å²) in [5.41, 5.74) is 1.48. The molecule has 3 aliphatic rings. The zero-order valence-electron chi connectivity index (χ0n) is 25.1. The van der Waals surface area contributed by atoms with Gasteiger partial charge in [-0.05, 0) is 92.5 Å². The van der Waals surface area contributed by atoms with E-state index in [0.29, 0.717) is 30.5 Å². The summed E-state index contributed by atoms with van der Waals surface area (Å²) < 4.78 is 0. The highest BCUT2D eigenvalue weighted by atomic mass is 16.2. The Morgan fingerprint density at radius 1 is 0.976 bits per heavy atom. The van der Waals surface area contributed by atoms with E-state index in [1.165, 1.54) is 37.9 Å². The molecule has 0 bridgehead atoms. The van der Waals surface area contributed by atoms with Crippen LogP contribution in [0.5, 0.6) is 0 Å². The maximum Gasteiger partial charge on any atom is 0.251 e. The molecule has 1 aliphatic carbocycles. The lowest BCUT2D eigenvalue weighted by Gasteiger charge is -2.30. The van der Waals surface area contributed by atoms with E-state index in [9.17, 15) is 9.59 Å². The molecule has 1 spiro atoms. The minimum atomic E-state index is -0.500. The number of rotatable bonds is 10. The summed E-state index contributed by atoms with van der Waals surface area (Å²) in [7, 11) is 0. The van der Waals surface area contributed by atoms with Crippen LogP contribution in [0, 0.1) is 5.92 Å². The molecule has 6 rings (SSSR count). The van der Waals surface area contributed by atoms with Gasteiger partial charge in [-0.25, -0.2) is 0 Å². The molecule has 2 amide bonds. The number of nitrogens with zero attached hydrogens (tertiary/aromatic N) is 2. The normalized spacial score (nSPS) is 25.4. The standard InChI is InChI=1S/C36H46N4O2/c1-2-27(28-11-5-3-6-12-28)26-40-22-18-33(25-37-34(41)31-16-15-29-13-7-8-14-30(29)23-31)38-36(35(40)42)24-32(36)17-21-39-19-9-4-10-20-39/h3,5-8,11-16,23,27,32-33,38H,2,4,9-10,17-22,24-26H2,1H3,(H,37,41)/t27?,32?,33-,36?/m0/s1. The van der Waals surface area contributed by atoms with Crippen molar-refractivity contribution < 1.29 is 9.59 Å². The van der Waals surface area contributed by atoms with E-state index in [4.69, 9.17) is 0 Å². The molecular weight excluding hydrogens is 520 g/mol. The Morgan fingerprint density at radius 2 is 1.74 bits per heavy atom. The third kappa shape index (κ3) is 6.40. The van der Waals surface area contributed by atoms with Gasteiger partial charge < -0.3 is 15.1 Å². The second-order valence-corrected chi connectivity index (χ2v) is 12.7. The summed E-state index contributed by atoms with van der Waals surface area (Å²) in [6.45, 7) is 7.65. The number of hydrogen-bond donors (Lipinski definition) is 2. The number of likely N-dealkylation sites (tertiary alicyclic amines) is 1. The van der Waals surface area contributed by atoms with E-state index in [2.05, 4.69) is 63.8 Å². The molecule has 6 nitrogen and oxygen atoms in total. The highest BCUT2D eigenvalue weighted by molar-refractivity contribution is 5.98. The first-order valence-electron chi connectivity index (χ1n) is 16.2. The summed E-state index contributed by atoms with van der Waals surface area (Å²) in [4.78, 5) is 32.2. The molecule has 3 aromatic carbocycles. The monoisotopic (exact) mass is 566 g/mol. The van der Waals surface area contributed by atoms with Crippen molar-refractivity contribution in [1.82, 2.24) is 20.4 Å². The van der Waals surface area contributed by atoms with Gasteiger partial charge in [-0.3, -0.25) is 14.9 Å². The predicted octanol–water partition coefficient (Wildman–Crippen LogP) is 5.59. The summed E-state index contributed by atoms with van der Waals surface area (Å²) >= 11 is 0. The van der Waals surface area contributed by atoms with E-state index >= 15 is 0 Å². The molecule has 2 saturated heterocycles. The van der Waals surface area contributed by atoms with Gasteiger partial charge in [-0.2, -0.15) is 0 Å². The smallest absolute Gasteiger partial charge is 0.251 e. The summed E-state index contributed by atoms with van der Waals surface area (Å²) in [6.07, 6.45) is 7.69. The lowest BCUT2D eigenvalue weighted by Crippen LogP contribution is -2.52. The van der Waals surface area contributed by atoms with Crippen LogP contribution >= 0.6 is 0 Å². The number of carbonyl (C=O) groups excluding carboxylic acids is 2. The third-order valence-corrected chi connectivity index (χ3v) is 9.95. The Balaban J connectivity index is 1.15. The van der Waals surface area contributed by atoms with Gasteiger partial charge in [0.05, 0.1) is 0 Å². The van der Waals surface area contributed by atoms with Crippen molar-refractivity contribution in [3.05, 3.63) is 83.9 Å². The average molecular weight is 567 g/mol. The minimum Gasteiger partial charge on any atom is -0.350 e. The molecule has 2 N–H and O–H groups in total. The number of hydrogen-bond acceptors (Lipinski definition) is 4. The van der Waals surface area contributed by atoms with Crippen LogP contribution in [-0.4, -0.2) is 72.5 Å². The van der Waals surface area contributed by atoms with Crippen molar-refractivity contribution in [3.8, 4) is 0 Å². The zero-order valence-corrected chi connectivity index (χ0v) is 25.1. The topological polar surface area (TPSA) is 64.7 Å². The Hall–Kier alpha value is -3.22. The SMILES string of the molecule is CCC(CN1CC[C@@H](CNC(=O)c2ccc3ccccc3c2)NC2(CC2CCN2CCCCC2)C1=O)c1ccccc1. The van der Waals surface area contributed by atoms with Crippen LogP contribution in [0.1, 0.15) is 73.7 Å². The lowest BCUT2D eigenvalue weighted by molar-refractivity contribution is -0.134. The Labute approximate surface area is 250 Å². The first kappa shape index (κ1) is 28.9. The second kappa shape index (κ2) is 13.0. The van der Waals surface area contributed by atoms with Crippen molar-refractivity contribution in [2.45, 2.75) is 69.4 Å². The lowest BCUT2D eigenvalue weighted by atomic mass is 9.95. The predicted molar refractivity (Wildman–Crippen MR) is 170 cm³/mol. The van der Waals surface area contributed by atoms with Gasteiger partial charge in [-0.15, -0.1) is 0 Å². The fourth-order valence-electron chi connectivity index (χ4n) is 7.27. The molecule has 0 radical (unpaired) electrons. The van der Waals surface area contributed by atoms with E-state index < -0.39 is 5.54 Å². The number of amides is 2. The number of piperidine rings is 1. The first-order valence-corrected chi connectivity index (χ1v) is 16.2. The van der Waals surface area contributed by atoms with E-state index in [-0.39, 0.29) is 17.9 Å². The molecule has 222 valence electrons. The molecule has 2 heterocycles. The van der Waals surface area contributed by atoms with Crippen LogP contribution in [0.3, 0.4) is 0 Å². The summed E-state index contributed by atoms with van der Waals surface area (Å²) in [5, 5.41) is 9.22. The van der Waals surface area contributed by atoms with Crippen LogP contribution in [0.4, 0.5) is 0 Å².